The van der Waals surface area contributed by atoms with Gasteiger partial charge in [-0.05, 0) is 12.7 Å². The normalized spacial score (nSPS) is 12.0. The monoisotopic (exact) mass is 169 g/mol. The number of nitrogens with zero attached hydrogens (tertiary/aromatic N) is 1. The lowest BCUT2D eigenvalue weighted by atomic mass is 10.3. The standard InChI is InChI=1S/C8H11NOS/c1-3-4-8(11-2)7-5-6-10-9-7/h4-6H,3H2,1-2H3/b8-4-. The van der Waals surface area contributed by atoms with E-state index >= 15 is 0 Å². The van der Waals surface area contributed by atoms with E-state index in [2.05, 4.69) is 18.2 Å². The summed E-state index contributed by atoms with van der Waals surface area (Å²) in [5.74, 6) is 0. The first-order valence-electron chi connectivity index (χ1n) is 3.53. The lowest BCUT2D eigenvalue weighted by Gasteiger charge is -1.95. The van der Waals surface area contributed by atoms with Crippen LogP contribution in [0.4, 0.5) is 0 Å². The van der Waals surface area contributed by atoms with E-state index in [-0.39, 0.29) is 0 Å². The summed E-state index contributed by atoms with van der Waals surface area (Å²) in [6.07, 6.45) is 6.80. The molecule has 1 heterocycles. The highest BCUT2D eigenvalue weighted by molar-refractivity contribution is 8.07. The van der Waals surface area contributed by atoms with Gasteiger partial charge in [-0.1, -0.05) is 18.2 Å². The van der Waals surface area contributed by atoms with Crippen molar-refractivity contribution in [2.75, 3.05) is 6.26 Å². The molecule has 1 rings (SSSR count). The summed E-state index contributed by atoms with van der Waals surface area (Å²) < 4.78 is 4.74. The van der Waals surface area contributed by atoms with Gasteiger partial charge >= 0.3 is 0 Å². The summed E-state index contributed by atoms with van der Waals surface area (Å²) in [5.41, 5.74) is 0.930. The van der Waals surface area contributed by atoms with E-state index in [1.807, 2.05) is 12.3 Å². The molecule has 0 saturated carbocycles. The summed E-state index contributed by atoms with van der Waals surface area (Å²) in [6, 6.07) is 1.87. The fourth-order valence-corrected chi connectivity index (χ4v) is 1.47. The molecule has 0 bridgehead atoms. The Morgan fingerprint density at radius 1 is 1.82 bits per heavy atom. The zero-order valence-corrected chi connectivity index (χ0v) is 7.52. The van der Waals surface area contributed by atoms with E-state index in [9.17, 15) is 0 Å². The zero-order chi connectivity index (χ0) is 8.10. The Balaban J connectivity index is 2.79. The number of hydrogen-bond acceptors (Lipinski definition) is 3. The maximum atomic E-state index is 4.74. The molecule has 0 N–H and O–H groups in total. The number of thioether (sulfide) groups is 1. The van der Waals surface area contributed by atoms with Crippen LogP contribution in [0.5, 0.6) is 0 Å². The zero-order valence-electron chi connectivity index (χ0n) is 6.70. The average molecular weight is 169 g/mol. The molecule has 0 fully saturated rings. The summed E-state index contributed by atoms with van der Waals surface area (Å²) in [5, 5.41) is 3.84. The molecule has 0 atom stereocenters. The summed E-state index contributed by atoms with van der Waals surface area (Å²) in [4.78, 5) is 1.18. The van der Waals surface area contributed by atoms with E-state index in [4.69, 9.17) is 4.52 Å². The van der Waals surface area contributed by atoms with Gasteiger partial charge < -0.3 is 4.52 Å². The highest BCUT2D eigenvalue weighted by Gasteiger charge is 2.00. The molecule has 1 aromatic heterocycles. The first kappa shape index (κ1) is 8.40. The summed E-state index contributed by atoms with van der Waals surface area (Å²) in [6.45, 7) is 2.11. The molecule has 2 nitrogen and oxygen atoms in total. The van der Waals surface area contributed by atoms with Crippen molar-refractivity contribution >= 4 is 16.7 Å². The summed E-state index contributed by atoms with van der Waals surface area (Å²) >= 11 is 1.69. The Hall–Kier alpha value is -0.700. The van der Waals surface area contributed by atoms with Crippen LogP contribution in [0.25, 0.3) is 4.91 Å². The van der Waals surface area contributed by atoms with Gasteiger partial charge in [-0.2, -0.15) is 0 Å². The lowest BCUT2D eigenvalue weighted by molar-refractivity contribution is 0.418. The van der Waals surface area contributed by atoms with E-state index in [1.54, 1.807) is 18.0 Å². The molecule has 0 unspecified atom stereocenters. The Bertz CT molecular complexity index is 228. The maximum Gasteiger partial charge on any atom is 0.124 e. The number of rotatable bonds is 3. The van der Waals surface area contributed by atoms with Crippen molar-refractivity contribution in [1.82, 2.24) is 5.16 Å². The van der Waals surface area contributed by atoms with Gasteiger partial charge in [-0.3, -0.25) is 0 Å². The van der Waals surface area contributed by atoms with Crippen LogP contribution in [0.3, 0.4) is 0 Å². The van der Waals surface area contributed by atoms with Crippen LogP contribution in [-0.2, 0) is 0 Å². The second-order valence-corrected chi connectivity index (χ2v) is 2.91. The Kier molecular flexibility index (Phi) is 3.23. The van der Waals surface area contributed by atoms with Gasteiger partial charge in [0.25, 0.3) is 0 Å². The van der Waals surface area contributed by atoms with Gasteiger partial charge in [0.2, 0.25) is 0 Å². The van der Waals surface area contributed by atoms with Gasteiger partial charge in [0.15, 0.2) is 0 Å². The van der Waals surface area contributed by atoms with E-state index in [1.165, 1.54) is 4.91 Å². The molecule has 1 aromatic rings. The van der Waals surface area contributed by atoms with Gasteiger partial charge in [0.05, 0.1) is 0 Å². The lowest BCUT2D eigenvalue weighted by Crippen LogP contribution is -1.77. The number of allylic oxidation sites excluding steroid dienone is 1. The SMILES string of the molecule is CC/C=C(\SC)c1ccon1. The Labute approximate surface area is 70.7 Å². The maximum absolute atomic E-state index is 4.74. The van der Waals surface area contributed by atoms with Gasteiger partial charge in [-0.15, -0.1) is 11.8 Å². The van der Waals surface area contributed by atoms with Crippen LogP contribution < -0.4 is 0 Å². The summed E-state index contributed by atoms with van der Waals surface area (Å²) in [7, 11) is 0. The van der Waals surface area contributed by atoms with Crippen LogP contribution in [0.15, 0.2) is 22.9 Å². The molecule has 0 amide bonds. The highest BCUT2D eigenvalue weighted by Crippen LogP contribution is 2.23. The van der Waals surface area contributed by atoms with Crippen molar-refractivity contribution in [3.63, 3.8) is 0 Å². The predicted octanol–water partition coefficient (Wildman–Crippen LogP) is 2.79. The topological polar surface area (TPSA) is 26.0 Å². The fourth-order valence-electron chi connectivity index (χ4n) is 0.818. The fraction of sp³-hybridized carbons (Fsp3) is 0.375. The molecule has 0 saturated heterocycles. The van der Waals surface area contributed by atoms with Crippen molar-refractivity contribution in [2.24, 2.45) is 0 Å². The third-order valence-electron chi connectivity index (χ3n) is 1.30. The van der Waals surface area contributed by atoms with Crippen LogP contribution in [0, 0.1) is 0 Å². The number of aromatic nitrogens is 1. The van der Waals surface area contributed by atoms with Crippen molar-refractivity contribution in [3.8, 4) is 0 Å². The van der Waals surface area contributed by atoms with E-state index in [0.29, 0.717) is 0 Å². The second-order valence-electron chi connectivity index (χ2n) is 2.07. The van der Waals surface area contributed by atoms with Crippen molar-refractivity contribution < 1.29 is 4.52 Å². The van der Waals surface area contributed by atoms with E-state index in [0.717, 1.165) is 12.1 Å². The molecule has 0 aliphatic heterocycles. The van der Waals surface area contributed by atoms with Crippen molar-refractivity contribution in [3.05, 3.63) is 24.1 Å². The minimum absolute atomic E-state index is 0.930. The number of hydrogen-bond donors (Lipinski definition) is 0. The largest absolute Gasteiger partial charge is 0.364 e. The van der Waals surface area contributed by atoms with Crippen LogP contribution >= 0.6 is 11.8 Å². The average Bonchev–Trinajstić information content (AvgIpc) is 2.52. The molecule has 0 spiro atoms. The molecule has 0 aliphatic rings. The first-order chi connectivity index (χ1) is 5.38. The Morgan fingerprint density at radius 2 is 2.64 bits per heavy atom. The molecule has 0 aromatic carbocycles. The second kappa shape index (κ2) is 4.23. The molecule has 60 valence electrons. The third kappa shape index (κ3) is 2.12. The molecule has 3 heteroatoms. The van der Waals surface area contributed by atoms with E-state index < -0.39 is 0 Å². The smallest absolute Gasteiger partial charge is 0.124 e. The van der Waals surface area contributed by atoms with Crippen molar-refractivity contribution in [1.29, 1.82) is 0 Å². The minimum Gasteiger partial charge on any atom is -0.364 e. The van der Waals surface area contributed by atoms with Crippen LogP contribution in [0.2, 0.25) is 0 Å². The molecule has 0 radical (unpaired) electrons. The van der Waals surface area contributed by atoms with Crippen molar-refractivity contribution in [2.45, 2.75) is 13.3 Å². The molecular weight excluding hydrogens is 158 g/mol. The van der Waals surface area contributed by atoms with Gasteiger partial charge in [0, 0.05) is 11.0 Å². The molecule has 11 heavy (non-hydrogen) atoms. The minimum atomic E-state index is 0.930. The van der Waals surface area contributed by atoms with Crippen LogP contribution in [-0.4, -0.2) is 11.4 Å². The predicted molar refractivity (Wildman–Crippen MR) is 48.3 cm³/mol. The van der Waals surface area contributed by atoms with Gasteiger partial charge in [-0.25, -0.2) is 0 Å². The Morgan fingerprint density at radius 3 is 3.09 bits per heavy atom. The highest BCUT2D eigenvalue weighted by atomic mass is 32.2. The quantitative estimate of drug-likeness (QED) is 0.696. The third-order valence-corrected chi connectivity index (χ3v) is 2.12. The first-order valence-corrected chi connectivity index (χ1v) is 4.76. The van der Waals surface area contributed by atoms with Gasteiger partial charge in [0.1, 0.15) is 12.0 Å². The molecule has 0 aliphatic carbocycles. The molecular formula is C8H11NOS. The van der Waals surface area contributed by atoms with Crippen LogP contribution in [0.1, 0.15) is 19.0 Å².